The zero-order valence-corrected chi connectivity index (χ0v) is 12.9. The minimum Gasteiger partial charge on any atom is -0.481 e. The lowest BCUT2D eigenvalue weighted by Crippen LogP contribution is -2.25. The molecule has 4 heteroatoms. The van der Waals surface area contributed by atoms with Gasteiger partial charge in [-0.15, -0.1) is 0 Å². The molecule has 118 valence electrons. The molecule has 1 aliphatic carbocycles. The number of carboxylic acid groups (broad SMARTS) is 1. The Labute approximate surface area is 126 Å². The number of carboxylic acids is 1. The third kappa shape index (κ3) is 3.86. The second-order valence-electron chi connectivity index (χ2n) is 6.50. The van der Waals surface area contributed by atoms with Gasteiger partial charge in [-0.3, -0.25) is 9.59 Å². The van der Waals surface area contributed by atoms with Gasteiger partial charge in [0.25, 0.3) is 0 Å². The molecule has 0 saturated carbocycles. The molecule has 0 aromatic carbocycles. The van der Waals surface area contributed by atoms with Crippen LogP contribution in [0.2, 0.25) is 0 Å². The maximum Gasteiger partial charge on any atom is 0.316 e. The fourth-order valence-electron chi connectivity index (χ4n) is 3.47. The van der Waals surface area contributed by atoms with Crippen LogP contribution in [0.25, 0.3) is 0 Å². The highest BCUT2D eigenvalue weighted by Crippen LogP contribution is 2.44. The van der Waals surface area contributed by atoms with E-state index in [0.717, 1.165) is 37.7 Å². The zero-order valence-electron chi connectivity index (χ0n) is 12.9. The lowest BCUT2D eigenvalue weighted by Gasteiger charge is -2.23. The van der Waals surface area contributed by atoms with Crippen LogP contribution in [-0.4, -0.2) is 23.1 Å². The van der Waals surface area contributed by atoms with E-state index in [1.807, 2.05) is 6.92 Å². The van der Waals surface area contributed by atoms with Crippen LogP contribution in [0.1, 0.15) is 71.1 Å². The molecule has 4 nitrogen and oxygen atoms in total. The Hall–Kier alpha value is -1.32. The summed E-state index contributed by atoms with van der Waals surface area (Å²) in [5.74, 6) is -1.15. The number of hydrogen-bond donors (Lipinski definition) is 1. The molecule has 1 aliphatic heterocycles. The van der Waals surface area contributed by atoms with Crippen LogP contribution in [0.5, 0.6) is 0 Å². The number of carbonyl (C=O) groups excluding carboxylic acids is 1. The van der Waals surface area contributed by atoms with Gasteiger partial charge in [0.15, 0.2) is 0 Å². The van der Waals surface area contributed by atoms with Gasteiger partial charge in [0.05, 0.1) is 11.8 Å². The predicted molar refractivity (Wildman–Crippen MR) is 79.9 cm³/mol. The van der Waals surface area contributed by atoms with Gasteiger partial charge in [0.2, 0.25) is 0 Å². The second-order valence-corrected chi connectivity index (χ2v) is 6.50. The van der Waals surface area contributed by atoms with E-state index in [9.17, 15) is 9.59 Å². The lowest BCUT2D eigenvalue weighted by atomic mass is 9.76. The fourth-order valence-corrected chi connectivity index (χ4v) is 3.47. The van der Waals surface area contributed by atoms with E-state index in [2.05, 4.69) is 6.08 Å². The van der Waals surface area contributed by atoms with Crippen LogP contribution in [0.4, 0.5) is 0 Å². The number of ether oxygens (including phenoxy) is 1. The second kappa shape index (κ2) is 7.10. The smallest absolute Gasteiger partial charge is 0.316 e. The summed E-state index contributed by atoms with van der Waals surface area (Å²) in [7, 11) is 0. The molecule has 1 heterocycles. The molecule has 2 atom stereocenters. The summed E-state index contributed by atoms with van der Waals surface area (Å²) >= 11 is 0. The average molecular weight is 294 g/mol. The Kier molecular flexibility index (Phi) is 5.43. The van der Waals surface area contributed by atoms with Gasteiger partial charge >= 0.3 is 11.9 Å². The van der Waals surface area contributed by atoms with Gasteiger partial charge in [0.1, 0.15) is 6.10 Å². The van der Waals surface area contributed by atoms with Crippen molar-refractivity contribution >= 4 is 11.9 Å². The summed E-state index contributed by atoms with van der Waals surface area (Å²) in [5.41, 5.74) is 0.301. The molecule has 1 N–H and O–H groups in total. The van der Waals surface area contributed by atoms with Crippen LogP contribution in [0.3, 0.4) is 0 Å². The lowest BCUT2D eigenvalue weighted by molar-refractivity contribution is -0.150. The first kappa shape index (κ1) is 16.1. The number of allylic oxidation sites excluding steroid dienone is 1. The van der Waals surface area contributed by atoms with E-state index < -0.39 is 17.5 Å². The Morgan fingerprint density at radius 1 is 1.24 bits per heavy atom. The van der Waals surface area contributed by atoms with Gasteiger partial charge in [-0.1, -0.05) is 44.6 Å². The normalized spacial score (nSPS) is 31.4. The van der Waals surface area contributed by atoms with Crippen molar-refractivity contribution in [1.82, 2.24) is 0 Å². The van der Waals surface area contributed by atoms with Crippen molar-refractivity contribution in [2.24, 2.45) is 5.41 Å². The number of aliphatic carboxylic acids is 1. The first-order chi connectivity index (χ1) is 10.0. The van der Waals surface area contributed by atoms with Gasteiger partial charge in [0, 0.05) is 0 Å². The zero-order chi connectivity index (χ0) is 15.3. The van der Waals surface area contributed by atoms with Gasteiger partial charge in [-0.2, -0.15) is 0 Å². The molecule has 0 spiro atoms. The summed E-state index contributed by atoms with van der Waals surface area (Å²) in [6, 6.07) is 0. The fraction of sp³-hybridized carbons (Fsp3) is 0.765. The highest BCUT2D eigenvalue weighted by molar-refractivity contribution is 5.85. The summed E-state index contributed by atoms with van der Waals surface area (Å²) in [6.45, 7) is 1.93. The number of hydrogen-bond acceptors (Lipinski definition) is 3. The number of esters is 1. The van der Waals surface area contributed by atoms with Crippen LogP contribution in [-0.2, 0) is 14.3 Å². The Morgan fingerprint density at radius 3 is 2.52 bits per heavy atom. The molecule has 21 heavy (non-hydrogen) atoms. The predicted octanol–water partition coefficient (Wildman–Crippen LogP) is 3.84. The van der Waals surface area contributed by atoms with Crippen molar-refractivity contribution in [2.45, 2.75) is 77.2 Å². The van der Waals surface area contributed by atoms with Crippen LogP contribution in [0, 0.1) is 5.41 Å². The van der Waals surface area contributed by atoms with E-state index in [0.29, 0.717) is 0 Å². The summed E-state index contributed by atoms with van der Waals surface area (Å²) in [4.78, 5) is 23.3. The van der Waals surface area contributed by atoms with Crippen molar-refractivity contribution in [1.29, 1.82) is 0 Å². The molecule has 1 fully saturated rings. The SMILES string of the molecule is CC12CCCCCCCCCC=C1C(CC(=O)O)OC2=O. The standard InChI is InChI=1S/C17H26O4/c1-17-11-9-7-5-3-2-4-6-8-10-13(17)14(12-15(18)19)21-16(17)20/h10,14H,2-9,11-12H2,1H3,(H,18,19). The maximum atomic E-state index is 12.3. The monoisotopic (exact) mass is 294 g/mol. The van der Waals surface area contributed by atoms with E-state index in [-0.39, 0.29) is 12.4 Å². The number of cyclic esters (lactones) is 1. The highest BCUT2D eigenvalue weighted by atomic mass is 16.6. The van der Waals surface area contributed by atoms with Gasteiger partial charge in [-0.25, -0.2) is 0 Å². The molecule has 2 aliphatic rings. The van der Waals surface area contributed by atoms with Crippen molar-refractivity contribution < 1.29 is 19.4 Å². The van der Waals surface area contributed by atoms with Crippen LogP contribution < -0.4 is 0 Å². The first-order valence-corrected chi connectivity index (χ1v) is 8.17. The van der Waals surface area contributed by atoms with Crippen molar-refractivity contribution in [3.8, 4) is 0 Å². The van der Waals surface area contributed by atoms with Crippen molar-refractivity contribution in [3.05, 3.63) is 11.6 Å². The van der Waals surface area contributed by atoms with Crippen molar-refractivity contribution in [2.75, 3.05) is 0 Å². The highest BCUT2D eigenvalue weighted by Gasteiger charge is 2.49. The topological polar surface area (TPSA) is 63.6 Å². The van der Waals surface area contributed by atoms with Crippen molar-refractivity contribution in [3.63, 3.8) is 0 Å². The van der Waals surface area contributed by atoms with E-state index in [1.165, 1.54) is 25.7 Å². The Bertz CT molecular complexity index is 427. The summed E-state index contributed by atoms with van der Waals surface area (Å²) < 4.78 is 5.39. The van der Waals surface area contributed by atoms with Gasteiger partial charge < -0.3 is 9.84 Å². The van der Waals surface area contributed by atoms with E-state index in [1.54, 1.807) is 0 Å². The van der Waals surface area contributed by atoms with Crippen LogP contribution in [0.15, 0.2) is 11.6 Å². The van der Waals surface area contributed by atoms with Gasteiger partial charge in [-0.05, 0) is 31.8 Å². The first-order valence-electron chi connectivity index (χ1n) is 8.17. The number of carbonyl (C=O) groups is 2. The van der Waals surface area contributed by atoms with E-state index >= 15 is 0 Å². The average Bonchev–Trinajstić information content (AvgIpc) is 2.62. The number of rotatable bonds is 2. The molecule has 2 unspecified atom stereocenters. The molecular weight excluding hydrogens is 268 g/mol. The number of fused-ring (bicyclic) bond motifs is 1. The Balaban J connectivity index is 2.20. The largest absolute Gasteiger partial charge is 0.481 e. The van der Waals surface area contributed by atoms with E-state index in [4.69, 9.17) is 9.84 Å². The minimum absolute atomic E-state index is 0.118. The molecule has 0 aromatic rings. The minimum atomic E-state index is -0.913. The molecular formula is C17H26O4. The summed E-state index contributed by atoms with van der Waals surface area (Å²) in [6.07, 6.45) is 11.3. The van der Waals surface area contributed by atoms with Crippen LogP contribution >= 0.6 is 0 Å². The Morgan fingerprint density at radius 2 is 1.86 bits per heavy atom. The molecule has 0 amide bonds. The third-order valence-corrected chi connectivity index (χ3v) is 4.79. The quantitative estimate of drug-likeness (QED) is 0.620. The molecule has 0 bridgehead atoms. The molecule has 1 saturated heterocycles. The molecule has 2 rings (SSSR count). The summed E-state index contributed by atoms with van der Waals surface area (Å²) in [5, 5.41) is 9.02. The molecule has 0 aromatic heterocycles. The molecule has 0 radical (unpaired) electrons. The third-order valence-electron chi connectivity index (χ3n) is 4.79. The maximum absolute atomic E-state index is 12.3.